The largest absolute Gasteiger partial charge is 0.496 e. The minimum atomic E-state index is -4.65. The number of halogens is 4. The summed E-state index contributed by atoms with van der Waals surface area (Å²) in [5.74, 6) is 0.178. The van der Waals surface area contributed by atoms with E-state index in [1.165, 1.54) is 19.2 Å². The highest BCUT2D eigenvalue weighted by Gasteiger charge is 2.35. The molecular weight excluding hydrogens is 283 g/mol. The van der Waals surface area contributed by atoms with Gasteiger partial charge in [0.25, 0.3) is 0 Å². The van der Waals surface area contributed by atoms with Crippen molar-refractivity contribution in [1.29, 1.82) is 0 Å². The molecule has 0 bridgehead atoms. The van der Waals surface area contributed by atoms with Crippen LogP contribution in [0.4, 0.5) is 13.2 Å². The maximum Gasteiger partial charge on any atom is 0.431 e. The number of aromatic nitrogens is 1. The monoisotopic (exact) mass is 291 g/mol. The number of ether oxygens (including phenoxy) is 1. The Balaban J connectivity index is 3.00. The number of fused-ring (bicyclic) bond motifs is 1. The van der Waals surface area contributed by atoms with Crippen molar-refractivity contribution in [3.8, 4) is 5.75 Å². The van der Waals surface area contributed by atoms with Crippen molar-refractivity contribution >= 4 is 22.5 Å². The van der Waals surface area contributed by atoms with Crippen LogP contribution >= 0.6 is 11.6 Å². The zero-order valence-electron chi connectivity index (χ0n) is 9.98. The number of rotatable bonds is 1. The van der Waals surface area contributed by atoms with Crippen LogP contribution in [0.2, 0.25) is 5.02 Å². The lowest BCUT2D eigenvalue weighted by Gasteiger charge is -2.13. The number of alkyl halides is 3. The molecule has 7 heteroatoms. The first-order chi connectivity index (χ1) is 8.77. The molecule has 0 aliphatic rings. The second kappa shape index (κ2) is 4.45. The highest BCUT2D eigenvalue weighted by molar-refractivity contribution is 6.35. The van der Waals surface area contributed by atoms with Crippen LogP contribution < -0.4 is 10.2 Å². The number of nitrogens with one attached hydrogen (secondary N) is 1. The van der Waals surface area contributed by atoms with Crippen molar-refractivity contribution in [2.24, 2.45) is 0 Å². The molecule has 0 amide bonds. The van der Waals surface area contributed by atoms with E-state index in [4.69, 9.17) is 16.3 Å². The lowest BCUT2D eigenvalue weighted by Crippen LogP contribution is -2.19. The van der Waals surface area contributed by atoms with E-state index in [0.717, 1.165) is 6.92 Å². The van der Waals surface area contributed by atoms with Gasteiger partial charge in [-0.2, -0.15) is 13.2 Å². The van der Waals surface area contributed by atoms with Gasteiger partial charge in [0.05, 0.1) is 23.0 Å². The van der Waals surface area contributed by atoms with Crippen LogP contribution in [0.5, 0.6) is 5.75 Å². The third-order valence-corrected chi connectivity index (χ3v) is 3.13. The highest BCUT2D eigenvalue weighted by atomic mass is 35.5. The van der Waals surface area contributed by atoms with E-state index in [1.54, 1.807) is 0 Å². The Kier molecular flexibility index (Phi) is 3.22. The van der Waals surface area contributed by atoms with Gasteiger partial charge < -0.3 is 9.72 Å². The number of pyridine rings is 1. The van der Waals surface area contributed by atoms with E-state index in [9.17, 15) is 18.0 Å². The van der Waals surface area contributed by atoms with Crippen LogP contribution in [0.25, 0.3) is 10.9 Å². The molecule has 0 fully saturated rings. The minimum absolute atomic E-state index is 0.0144. The molecule has 0 atom stereocenters. The molecule has 0 spiro atoms. The molecule has 19 heavy (non-hydrogen) atoms. The second-order valence-corrected chi connectivity index (χ2v) is 4.36. The Morgan fingerprint density at radius 1 is 1.32 bits per heavy atom. The quantitative estimate of drug-likeness (QED) is 0.873. The fraction of sp³-hybridized carbons (Fsp3) is 0.250. The van der Waals surface area contributed by atoms with Crippen LogP contribution in [-0.2, 0) is 6.18 Å². The van der Waals surface area contributed by atoms with E-state index < -0.39 is 22.9 Å². The molecule has 1 aromatic heterocycles. The number of hydrogen-bond donors (Lipinski definition) is 1. The van der Waals surface area contributed by atoms with Gasteiger partial charge in [0.2, 0.25) is 0 Å². The van der Waals surface area contributed by atoms with Gasteiger partial charge in [0.15, 0.2) is 5.43 Å². The summed E-state index contributed by atoms with van der Waals surface area (Å²) in [4.78, 5) is 14.3. The van der Waals surface area contributed by atoms with E-state index in [2.05, 4.69) is 4.98 Å². The first-order valence-electron chi connectivity index (χ1n) is 5.23. The molecule has 0 unspecified atom stereocenters. The smallest absolute Gasteiger partial charge is 0.431 e. The van der Waals surface area contributed by atoms with Gasteiger partial charge in [-0.15, -0.1) is 0 Å². The fourth-order valence-electron chi connectivity index (χ4n) is 1.88. The van der Waals surface area contributed by atoms with Crippen molar-refractivity contribution < 1.29 is 17.9 Å². The van der Waals surface area contributed by atoms with E-state index in [-0.39, 0.29) is 21.7 Å². The van der Waals surface area contributed by atoms with Gasteiger partial charge in [-0.25, -0.2) is 0 Å². The normalized spacial score (nSPS) is 11.9. The number of H-pyrrole nitrogens is 1. The molecule has 0 radical (unpaired) electrons. The predicted molar refractivity (Wildman–Crippen MR) is 65.9 cm³/mol. The maximum atomic E-state index is 12.8. The summed E-state index contributed by atoms with van der Waals surface area (Å²) in [5.41, 5.74) is -2.34. The summed E-state index contributed by atoms with van der Waals surface area (Å²) in [6, 6.07) is 2.81. The summed E-state index contributed by atoms with van der Waals surface area (Å²) in [5, 5.41) is 0.0406. The van der Waals surface area contributed by atoms with Gasteiger partial charge in [-0.3, -0.25) is 4.79 Å². The molecule has 3 nitrogen and oxygen atoms in total. The Hall–Kier alpha value is -1.69. The van der Waals surface area contributed by atoms with Crippen LogP contribution in [-0.4, -0.2) is 12.1 Å². The Morgan fingerprint density at radius 2 is 1.95 bits per heavy atom. The Morgan fingerprint density at radius 3 is 2.47 bits per heavy atom. The van der Waals surface area contributed by atoms with Crippen molar-refractivity contribution in [3.63, 3.8) is 0 Å². The second-order valence-electron chi connectivity index (χ2n) is 3.95. The molecule has 0 saturated carbocycles. The molecule has 1 N–H and O–H groups in total. The lowest BCUT2D eigenvalue weighted by molar-refractivity contribution is -0.141. The van der Waals surface area contributed by atoms with Gasteiger partial charge in [0.1, 0.15) is 11.4 Å². The molecule has 2 aromatic rings. The molecule has 102 valence electrons. The van der Waals surface area contributed by atoms with Crippen molar-refractivity contribution in [3.05, 3.63) is 38.6 Å². The van der Waals surface area contributed by atoms with E-state index in [1.807, 2.05) is 0 Å². The van der Waals surface area contributed by atoms with Gasteiger partial charge in [0, 0.05) is 5.56 Å². The van der Waals surface area contributed by atoms with Gasteiger partial charge >= 0.3 is 6.18 Å². The fourth-order valence-corrected chi connectivity index (χ4v) is 2.08. The molecule has 1 heterocycles. The first-order valence-corrected chi connectivity index (χ1v) is 5.61. The number of aromatic amines is 1. The van der Waals surface area contributed by atoms with Crippen LogP contribution in [0, 0.1) is 6.92 Å². The van der Waals surface area contributed by atoms with Crippen molar-refractivity contribution in [1.82, 2.24) is 4.98 Å². The Labute approximate surface area is 111 Å². The highest BCUT2D eigenvalue weighted by Crippen LogP contribution is 2.34. The van der Waals surface area contributed by atoms with Crippen LogP contribution in [0.3, 0.4) is 0 Å². The molecule has 0 saturated heterocycles. The molecule has 1 aromatic carbocycles. The van der Waals surface area contributed by atoms with Crippen molar-refractivity contribution in [2.45, 2.75) is 13.1 Å². The number of benzene rings is 1. The number of methoxy groups -OCH3 is 1. The average Bonchev–Trinajstić information content (AvgIpc) is 2.32. The summed E-state index contributed by atoms with van der Waals surface area (Å²) in [7, 11) is 1.33. The SMILES string of the molecule is COc1ccc(Cl)c2[nH]c(C(F)(F)F)c(C)c(=O)c12. The predicted octanol–water partition coefficient (Wildman–Crippen LogP) is 3.52. The summed E-state index contributed by atoms with van der Waals surface area (Å²) < 4.78 is 43.5. The van der Waals surface area contributed by atoms with E-state index >= 15 is 0 Å². The van der Waals surface area contributed by atoms with Crippen LogP contribution in [0.1, 0.15) is 11.3 Å². The van der Waals surface area contributed by atoms with Gasteiger partial charge in [-0.05, 0) is 19.1 Å². The molecular formula is C12H9ClF3NO2. The zero-order chi connectivity index (χ0) is 14.4. The maximum absolute atomic E-state index is 12.8. The van der Waals surface area contributed by atoms with E-state index in [0.29, 0.717) is 0 Å². The van der Waals surface area contributed by atoms with Crippen molar-refractivity contribution in [2.75, 3.05) is 7.11 Å². The average molecular weight is 292 g/mol. The van der Waals surface area contributed by atoms with Gasteiger partial charge in [-0.1, -0.05) is 11.6 Å². The summed E-state index contributed by atoms with van der Waals surface area (Å²) in [6.45, 7) is 1.11. The lowest BCUT2D eigenvalue weighted by atomic mass is 10.1. The third-order valence-electron chi connectivity index (χ3n) is 2.81. The standard InChI is InChI=1S/C12H9ClF3NO2/c1-5-10(18)8-7(19-2)4-3-6(13)9(8)17-11(5)12(14,15)16/h3-4H,1-2H3,(H,17,18). The number of hydrogen-bond acceptors (Lipinski definition) is 2. The topological polar surface area (TPSA) is 42.1 Å². The minimum Gasteiger partial charge on any atom is -0.496 e. The molecule has 2 rings (SSSR count). The molecule has 0 aliphatic heterocycles. The third kappa shape index (κ3) is 2.16. The Bertz CT molecular complexity index is 707. The first kappa shape index (κ1) is 13.7. The summed E-state index contributed by atoms with van der Waals surface area (Å²) >= 11 is 5.84. The van der Waals surface area contributed by atoms with Crippen LogP contribution in [0.15, 0.2) is 16.9 Å². The summed E-state index contributed by atoms with van der Waals surface area (Å²) in [6.07, 6.45) is -4.65. The molecule has 0 aliphatic carbocycles. The zero-order valence-corrected chi connectivity index (χ0v) is 10.7.